The van der Waals surface area contributed by atoms with Gasteiger partial charge in [-0.3, -0.25) is 0 Å². The third-order valence-electron chi connectivity index (χ3n) is 4.07. The molecule has 1 fully saturated rings. The summed E-state index contributed by atoms with van der Waals surface area (Å²) in [4.78, 5) is 6.84. The summed E-state index contributed by atoms with van der Waals surface area (Å²) in [6.07, 6.45) is 2.21. The normalized spacial score (nSPS) is 23.4. The molecule has 20 heavy (non-hydrogen) atoms. The summed E-state index contributed by atoms with van der Waals surface area (Å²) in [5.74, 6) is 0.768. The fourth-order valence-electron chi connectivity index (χ4n) is 2.86. The third kappa shape index (κ3) is 2.25. The molecule has 2 atom stereocenters. The molecule has 0 radical (unpaired) electrons. The minimum atomic E-state index is 0.242. The molecule has 1 aliphatic heterocycles. The van der Waals surface area contributed by atoms with Crippen molar-refractivity contribution in [2.24, 2.45) is 5.73 Å². The van der Waals surface area contributed by atoms with Crippen molar-refractivity contribution in [3.63, 3.8) is 0 Å². The molecule has 1 saturated heterocycles. The highest BCUT2D eigenvalue weighted by Crippen LogP contribution is 2.24. The molecule has 0 aliphatic carbocycles. The van der Waals surface area contributed by atoms with Crippen molar-refractivity contribution in [3.8, 4) is 0 Å². The number of methoxy groups -OCH3 is 1. The number of nitrogens with two attached hydrogens (primary N) is 1. The highest BCUT2D eigenvalue weighted by Gasteiger charge is 2.30. The van der Waals surface area contributed by atoms with E-state index in [1.54, 1.807) is 7.11 Å². The summed E-state index contributed by atoms with van der Waals surface area (Å²) in [6, 6.07) is 6.25. The molecule has 6 nitrogen and oxygen atoms in total. The van der Waals surface area contributed by atoms with Crippen molar-refractivity contribution < 1.29 is 4.74 Å². The van der Waals surface area contributed by atoms with Crippen LogP contribution in [0.15, 0.2) is 18.2 Å². The van der Waals surface area contributed by atoms with E-state index in [1.807, 2.05) is 29.6 Å². The standard InChI is InChI=1S/C14H21N5O/c1-10-4-3-5-13-16-14(17-19(10)13)18-7-6-12(20-2)8-11(18)9-15/h3-5,11-12H,6-9,15H2,1-2H3. The molecular formula is C14H21N5O. The summed E-state index contributed by atoms with van der Waals surface area (Å²) >= 11 is 0. The molecule has 0 aromatic carbocycles. The van der Waals surface area contributed by atoms with E-state index < -0.39 is 0 Å². The van der Waals surface area contributed by atoms with Crippen LogP contribution >= 0.6 is 0 Å². The molecular weight excluding hydrogens is 254 g/mol. The molecule has 2 aromatic rings. The number of hydrogen-bond donors (Lipinski definition) is 1. The van der Waals surface area contributed by atoms with Crippen LogP contribution in [0.5, 0.6) is 0 Å². The summed E-state index contributed by atoms with van der Waals surface area (Å²) in [5.41, 5.74) is 7.87. The number of piperidine rings is 1. The number of aryl methyl sites for hydroxylation is 1. The summed E-state index contributed by atoms with van der Waals surface area (Å²) < 4.78 is 7.34. The van der Waals surface area contributed by atoms with Crippen molar-refractivity contribution in [1.82, 2.24) is 14.6 Å². The van der Waals surface area contributed by atoms with Gasteiger partial charge in [0, 0.05) is 31.9 Å². The number of rotatable bonds is 3. The molecule has 3 rings (SSSR count). The molecule has 2 aromatic heterocycles. The molecule has 2 unspecified atom stereocenters. The Morgan fingerprint density at radius 3 is 3.00 bits per heavy atom. The zero-order chi connectivity index (χ0) is 14.1. The Morgan fingerprint density at radius 1 is 1.45 bits per heavy atom. The predicted molar refractivity (Wildman–Crippen MR) is 77.9 cm³/mol. The van der Waals surface area contributed by atoms with Crippen LogP contribution in [-0.4, -0.2) is 46.9 Å². The van der Waals surface area contributed by atoms with E-state index in [0.717, 1.165) is 36.7 Å². The number of fused-ring (bicyclic) bond motifs is 1. The van der Waals surface area contributed by atoms with E-state index >= 15 is 0 Å². The lowest BCUT2D eigenvalue weighted by molar-refractivity contribution is 0.0706. The minimum Gasteiger partial charge on any atom is -0.381 e. The highest BCUT2D eigenvalue weighted by molar-refractivity contribution is 5.46. The molecule has 0 amide bonds. The van der Waals surface area contributed by atoms with Gasteiger partial charge < -0.3 is 15.4 Å². The summed E-state index contributed by atoms with van der Waals surface area (Å²) in [5, 5.41) is 4.62. The predicted octanol–water partition coefficient (Wildman–Crippen LogP) is 0.980. The van der Waals surface area contributed by atoms with Crippen molar-refractivity contribution >= 4 is 11.6 Å². The van der Waals surface area contributed by atoms with Gasteiger partial charge in [0.2, 0.25) is 5.95 Å². The van der Waals surface area contributed by atoms with Crippen molar-refractivity contribution in [1.29, 1.82) is 0 Å². The average molecular weight is 275 g/mol. The van der Waals surface area contributed by atoms with Crippen LogP contribution in [-0.2, 0) is 4.74 Å². The van der Waals surface area contributed by atoms with Gasteiger partial charge in [0.25, 0.3) is 0 Å². The number of nitrogens with zero attached hydrogens (tertiary/aromatic N) is 4. The smallest absolute Gasteiger partial charge is 0.245 e. The Morgan fingerprint density at radius 2 is 2.30 bits per heavy atom. The number of ether oxygens (including phenoxy) is 1. The van der Waals surface area contributed by atoms with E-state index in [0.29, 0.717) is 12.6 Å². The van der Waals surface area contributed by atoms with Crippen LogP contribution < -0.4 is 10.6 Å². The molecule has 6 heteroatoms. The van der Waals surface area contributed by atoms with Crippen LogP contribution in [0.4, 0.5) is 5.95 Å². The van der Waals surface area contributed by atoms with Gasteiger partial charge in [-0.1, -0.05) is 6.07 Å². The Bertz CT molecular complexity index is 596. The van der Waals surface area contributed by atoms with Crippen LogP contribution in [0.25, 0.3) is 5.65 Å². The molecule has 0 saturated carbocycles. The maximum absolute atomic E-state index is 5.91. The van der Waals surface area contributed by atoms with E-state index in [9.17, 15) is 0 Å². The van der Waals surface area contributed by atoms with Gasteiger partial charge in [-0.15, -0.1) is 5.10 Å². The molecule has 108 valence electrons. The maximum Gasteiger partial charge on any atom is 0.245 e. The lowest BCUT2D eigenvalue weighted by Gasteiger charge is -2.37. The SMILES string of the molecule is COC1CCN(c2nc3cccc(C)n3n2)C(CN)C1. The second kappa shape index (κ2) is 5.38. The fourth-order valence-corrected chi connectivity index (χ4v) is 2.86. The number of pyridine rings is 1. The Kier molecular flexibility index (Phi) is 3.58. The first kappa shape index (κ1) is 13.3. The van der Waals surface area contributed by atoms with Gasteiger partial charge in [0.1, 0.15) is 0 Å². The quantitative estimate of drug-likeness (QED) is 0.904. The monoisotopic (exact) mass is 275 g/mol. The Hall–Kier alpha value is -1.66. The van der Waals surface area contributed by atoms with Gasteiger partial charge >= 0.3 is 0 Å². The lowest BCUT2D eigenvalue weighted by Crippen LogP contribution is -2.49. The number of hydrogen-bond acceptors (Lipinski definition) is 5. The first-order valence-electron chi connectivity index (χ1n) is 7.05. The topological polar surface area (TPSA) is 68.7 Å². The molecule has 2 N–H and O–H groups in total. The second-order valence-electron chi connectivity index (χ2n) is 5.31. The minimum absolute atomic E-state index is 0.242. The van der Waals surface area contributed by atoms with Gasteiger partial charge in [-0.2, -0.15) is 4.98 Å². The lowest BCUT2D eigenvalue weighted by atomic mass is 10.00. The van der Waals surface area contributed by atoms with Crippen LogP contribution in [0.2, 0.25) is 0 Å². The maximum atomic E-state index is 5.91. The van der Waals surface area contributed by atoms with Crippen molar-refractivity contribution in [2.75, 3.05) is 25.1 Å². The van der Waals surface area contributed by atoms with Crippen LogP contribution in [0, 0.1) is 6.92 Å². The van der Waals surface area contributed by atoms with Crippen molar-refractivity contribution in [2.45, 2.75) is 31.9 Å². The second-order valence-corrected chi connectivity index (χ2v) is 5.31. The van der Waals surface area contributed by atoms with Crippen LogP contribution in [0.1, 0.15) is 18.5 Å². The van der Waals surface area contributed by atoms with Gasteiger partial charge in [0.05, 0.1) is 6.10 Å². The summed E-state index contributed by atoms with van der Waals surface area (Å²) in [7, 11) is 1.76. The van der Waals surface area contributed by atoms with Gasteiger partial charge in [-0.25, -0.2) is 4.52 Å². The molecule has 0 spiro atoms. The Balaban J connectivity index is 1.91. The number of aromatic nitrogens is 3. The Labute approximate surface area is 118 Å². The highest BCUT2D eigenvalue weighted by atomic mass is 16.5. The largest absolute Gasteiger partial charge is 0.381 e. The fraction of sp³-hybridized carbons (Fsp3) is 0.571. The zero-order valence-electron chi connectivity index (χ0n) is 12.0. The average Bonchev–Trinajstić information content (AvgIpc) is 2.92. The van der Waals surface area contributed by atoms with E-state index in [4.69, 9.17) is 10.5 Å². The van der Waals surface area contributed by atoms with Crippen molar-refractivity contribution in [3.05, 3.63) is 23.9 Å². The molecule has 1 aliphatic rings. The van der Waals surface area contributed by atoms with E-state index in [-0.39, 0.29) is 6.04 Å². The third-order valence-corrected chi connectivity index (χ3v) is 4.07. The first-order chi connectivity index (χ1) is 9.72. The van der Waals surface area contributed by atoms with Gasteiger partial charge in [-0.05, 0) is 31.9 Å². The summed E-state index contributed by atoms with van der Waals surface area (Å²) in [6.45, 7) is 3.51. The van der Waals surface area contributed by atoms with E-state index in [2.05, 4.69) is 15.0 Å². The molecule has 3 heterocycles. The van der Waals surface area contributed by atoms with Crippen LogP contribution in [0.3, 0.4) is 0 Å². The first-order valence-corrected chi connectivity index (χ1v) is 7.05. The zero-order valence-corrected chi connectivity index (χ0v) is 12.0. The van der Waals surface area contributed by atoms with E-state index in [1.165, 1.54) is 0 Å². The van der Waals surface area contributed by atoms with Gasteiger partial charge in [0.15, 0.2) is 5.65 Å². The number of anilines is 1. The molecule has 0 bridgehead atoms.